The maximum absolute atomic E-state index is 11.9. The number of nitrogens with two attached hydrogens (primary N) is 1. The van der Waals surface area contributed by atoms with Crippen molar-refractivity contribution in [3.8, 4) is 0 Å². The van der Waals surface area contributed by atoms with Gasteiger partial charge in [0, 0.05) is 18.5 Å². The molecule has 1 fully saturated rings. The van der Waals surface area contributed by atoms with Crippen LogP contribution in [0.2, 0.25) is 0 Å². The summed E-state index contributed by atoms with van der Waals surface area (Å²) in [5.41, 5.74) is 5.86. The fourth-order valence-corrected chi connectivity index (χ4v) is 2.29. The van der Waals surface area contributed by atoms with Crippen molar-refractivity contribution in [3.63, 3.8) is 0 Å². The van der Waals surface area contributed by atoms with Crippen LogP contribution in [0.25, 0.3) is 0 Å². The van der Waals surface area contributed by atoms with E-state index in [9.17, 15) is 9.90 Å². The van der Waals surface area contributed by atoms with Gasteiger partial charge in [-0.2, -0.15) is 0 Å². The standard InChI is InChI=1S/C13H26N2O2/c1-3-9(2)12(16)8-15-13(17)10-5-4-6-11(14)7-10/h9-12,16H,3-8,14H2,1-2H3,(H,15,17). The normalized spacial score (nSPS) is 28.5. The zero-order valence-corrected chi connectivity index (χ0v) is 11.0. The largest absolute Gasteiger partial charge is 0.391 e. The van der Waals surface area contributed by atoms with Crippen LogP contribution >= 0.6 is 0 Å². The van der Waals surface area contributed by atoms with E-state index in [0.29, 0.717) is 6.54 Å². The number of nitrogens with one attached hydrogen (secondary N) is 1. The van der Waals surface area contributed by atoms with Crippen molar-refractivity contribution in [1.82, 2.24) is 5.32 Å². The first-order chi connectivity index (χ1) is 8.04. The molecule has 4 atom stereocenters. The van der Waals surface area contributed by atoms with Crippen LogP contribution in [-0.2, 0) is 4.79 Å². The summed E-state index contributed by atoms with van der Waals surface area (Å²) >= 11 is 0. The Kier molecular flexibility index (Phi) is 5.92. The Hall–Kier alpha value is -0.610. The molecule has 0 aromatic rings. The molecule has 0 bridgehead atoms. The van der Waals surface area contributed by atoms with Crippen molar-refractivity contribution in [1.29, 1.82) is 0 Å². The third kappa shape index (κ3) is 4.64. The van der Waals surface area contributed by atoms with Crippen LogP contribution in [0.1, 0.15) is 46.0 Å². The molecule has 0 aromatic heterocycles. The molecule has 100 valence electrons. The topological polar surface area (TPSA) is 75.3 Å². The molecule has 0 aromatic carbocycles. The van der Waals surface area contributed by atoms with E-state index in [4.69, 9.17) is 5.73 Å². The number of carbonyl (C=O) groups is 1. The molecule has 17 heavy (non-hydrogen) atoms. The molecule has 0 aliphatic heterocycles. The molecule has 4 nitrogen and oxygen atoms in total. The molecular formula is C13H26N2O2. The van der Waals surface area contributed by atoms with Crippen LogP contribution in [0.4, 0.5) is 0 Å². The van der Waals surface area contributed by atoms with Gasteiger partial charge in [-0.05, 0) is 25.2 Å². The number of aliphatic hydroxyl groups is 1. The van der Waals surface area contributed by atoms with Crippen molar-refractivity contribution in [2.45, 2.75) is 58.1 Å². The number of amides is 1. The fraction of sp³-hybridized carbons (Fsp3) is 0.923. The van der Waals surface area contributed by atoms with Crippen LogP contribution in [0.15, 0.2) is 0 Å². The zero-order chi connectivity index (χ0) is 12.8. The summed E-state index contributed by atoms with van der Waals surface area (Å²) in [6, 6.07) is 0.166. The molecule has 1 aliphatic rings. The summed E-state index contributed by atoms with van der Waals surface area (Å²) in [5.74, 6) is 0.328. The molecule has 1 rings (SSSR count). The highest BCUT2D eigenvalue weighted by atomic mass is 16.3. The lowest BCUT2D eigenvalue weighted by atomic mass is 9.85. The van der Waals surface area contributed by atoms with E-state index < -0.39 is 6.10 Å². The number of hydrogen-bond acceptors (Lipinski definition) is 3. The highest BCUT2D eigenvalue weighted by Crippen LogP contribution is 2.23. The van der Waals surface area contributed by atoms with Gasteiger partial charge in [-0.15, -0.1) is 0 Å². The third-order valence-corrected chi connectivity index (χ3v) is 3.87. The van der Waals surface area contributed by atoms with Gasteiger partial charge < -0.3 is 16.2 Å². The molecule has 4 unspecified atom stereocenters. The van der Waals surface area contributed by atoms with Gasteiger partial charge in [0.2, 0.25) is 5.91 Å². The van der Waals surface area contributed by atoms with Crippen molar-refractivity contribution >= 4 is 5.91 Å². The monoisotopic (exact) mass is 242 g/mol. The minimum atomic E-state index is -0.443. The van der Waals surface area contributed by atoms with Crippen molar-refractivity contribution in [2.24, 2.45) is 17.6 Å². The molecule has 0 heterocycles. The maximum Gasteiger partial charge on any atom is 0.223 e. The van der Waals surface area contributed by atoms with Crippen molar-refractivity contribution < 1.29 is 9.90 Å². The SMILES string of the molecule is CCC(C)C(O)CNC(=O)C1CCCC(N)C1. The van der Waals surface area contributed by atoms with E-state index in [1.54, 1.807) is 0 Å². The highest BCUT2D eigenvalue weighted by molar-refractivity contribution is 5.78. The second kappa shape index (κ2) is 6.97. The lowest BCUT2D eigenvalue weighted by Crippen LogP contribution is -2.41. The van der Waals surface area contributed by atoms with Crippen LogP contribution in [0.5, 0.6) is 0 Å². The Labute approximate surface area is 104 Å². The Balaban J connectivity index is 2.29. The minimum absolute atomic E-state index is 0.0443. The molecule has 0 spiro atoms. The van der Waals surface area contributed by atoms with Gasteiger partial charge in [0.15, 0.2) is 0 Å². The van der Waals surface area contributed by atoms with E-state index >= 15 is 0 Å². The van der Waals surface area contributed by atoms with Gasteiger partial charge in [0.25, 0.3) is 0 Å². The number of aliphatic hydroxyl groups excluding tert-OH is 1. The molecule has 4 heteroatoms. The summed E-state index contributed by atoms with van der Waals surface area (Å²) in [5, 5.41) is 12.6. The smallest absolute Gasteiger partial charge is 0.223 e. The summed E-state index contributed by atoms with van der Waals surface area (Å²) in [7, 11) is 0. The number of carbonyl (C=O) groups excluding carboxylic acids is 1. The fourth-order valence-electron chi connectivity index (χ4n) is 2.29. The van der Waals surface area contributed by atoms with Gasteiger partial charge >= 0.3 is 0 Å². The first-order valence-corrected chi connectivity index (χ1v) is 6.76. The van der Waals surface area contributed by atoms with E-state index in [1.165, 1.54) is 0 Å². The second-order valence-corrected chi connectivity index (χ2v) is 5.32. The molecular weight excluding hydrogens is 216 g/mol. The van der Waals surface area contributed by atoms with Gasteiger partial charge in [-0.3, -0.25) is 4.79 Å². The predicted octanol–water partition coefficient (Wildman–Crippen LogP) is 1.03. The van der Waals surface area contributed by atoms with Crippen LogP contribution in [-0.4, -0.2) is 29.7 Å². The van der Waals surface area contributed by atoms with E-state index in [0.717, 1.165) is 32.1 Å². The Morgan fingerprint density at radius 1 is 1.53 bits per heavy atom. The molecule has 1 amide bonds. The lowest BCUT2D eigenvalue weighted by molar-refractivity contribution is -0.126. The van der Waals surface area contributed by atoms with Crippen LogP contribution < -0.4 is 11.1 Å². The van der Waals surface area contributed by atoms with E-state index in [2.05, 4.69) is 5.32 Å². The van der Waals surface area contributed by atoms with Gasteiger partial charge in [-0.25, -0.2) is 0 Å². The first kappa shape index (κ1) is 14.5. The second-order valence-electron chi connectivity index (χ2n) is 5.32. The van der Waals surface area contributed by atoms with Gasteiger partial charge in [-0.1, -0.05) is 26.7 Å². The molecule has 1 saturated carbocycles. The minimum Gasteiger partial charge on any atom is -0.391 e. The highest BCUT2D eigenvalue weighted by Gasteiger charge is 2.25. The summed E-state index contributed by atoms with van der Waals surface area (Å²) in [6.07, 6.45) is 4.25. The Morgan fingerprint density at radius 2 is 2.24 bits per heavy atom. The van der Waals surface area contributed by atoms with Crippen molar-refractivity contribution in [3.05, 3.63) is 0 Å². The maximum atomic E-state index is 11.9. The molecule has 1 aliphatic carbocycles. The van der Waals surface area contributed by atoms with Crippen LogP contribution in [0, 0.1) is 11.8 Å². The zero-order valence-electron chi connectivity index (χ0n) is 11.0. The van der Waals surface area contributed by atoms with E-state index in [1.807, 2.05) is 13.8 Å². The number of rotatable bonds is 5. The lowest BCUT2D eigenvalue weighted by Gasteiger charge is -2.26. The molecule has 0 saturated heterocycles. The van der Waals surface area contributed by atoms with Crippen molar-refractivity contribution in [2.75, 3.05) is 6.54 Å². The first-order valence-electron chi connectivity index (χ1n) is 6.76. The Bertz CT molecular complexity index is 246. The number of hydrogen-bond donors (Lipinski definition) is 3. The summed E-state index contributed by atoms with van der Waals surface area (Å²) in [6.45, 7) is 4.39. The van der Waals surface area contributed by atoms with Gasteiger partial charge in [0.1, 0.15) is 0 Å². The predicted molar refractivity (Wildman–Crippen MR) is 68.4 cm³/mol. The summed E-state index contributed by atoms with van der Waals surface area (Å²) < 4.78 is 0. The van der Waals surface area contributed by atoms with E-state index in [-0.39, 0.29) is 23.8 Å². The third-order valence-electron chi connectivity index (χ3n) is 3.87. The molecule has 4 N–H and O–H groups in total. The summed E-state index contributed by atoms with van der Waals surface area (Å²) in [4.78, 5) is 11.9. The average molecular weight is 242 g/mol. The van der Waals surface area contributed by atoms with Gasteiger partial charge in [0.05, 0.1) is 6.10 Å². The quantitative estimate of drug-likeness (QED) is 0.674. The molecule has 0 radical (unpaired) electrons. The average Bonchev–Trinajstić information content (AvgIpc) is 2.34. The van der Waals surface area contributed by atoms with Crippen LogP contribution in [0.3, 0.4) is 0 Å². The Morgan fingerprint density at radius 3 is 2.82 bits per heavy atom.